The predicted molar refractivity (Wildman–Crippen MR) is 111 cm³/mol. The molecule has 0 heterocycles. The van der Waals surface area contributed by atoms with Gasteiger partial charge in [0.1, 0.15) is 0 Å². The molecule has 0 fully saturated rings. The SMILES string of the molecule is CCOC(=O)c1ccc(C(=O)C(Cc2ccccc2)CP(=O)(O)OCC)cc1N. The van der Waals surface area contributed by atoms with E-state index in [1.807, 2.05) is 30.3 Å². The monoisotopic (exact) mass is 419 g/mol. The summed E-state index contributed by atoms with van der Waals surface area (Å²) in [4.78, 5) is 35.1. The Morgan fingerprint density at radius 2 is 1.79 bits per heavy atom. The molecular formula is C21H26NO6P. The zero-order valence-corrected chi connectivity index (χ0v) is 17.4. The first-order valence-electron chi connectivity index (χ1n) is 9.38. The maximum Gasteiger partial charge on any atom is 0.340 e. The van der Waals surface area contributed by atoms with Crippen molar-refractivity contribution >= 4 is 25.0 Å². The van der Waals surface area contributed by atoms with E-state index in [1.165, 1.54) is 18.2 Å². The van der Waals surface area contributed by atoms with E-state index in [4.69, 9.17) is 15.0 Å². The normalized spacial score (nSPS) is 14.0. The zero-order valence-electron chi connectivity index (χ0n) is 16.5. The van der Waals surface area contributed by atoms with Crippen LogP contribution in [-0.4, -0.2) is 36.0 Å². The molecule has 0 aliphatic carbocycles. The van der Waals surface area contributed by atoms with Crippen LogP contribution in [0, 0.1) is 5.92 Å². The van der Waals surface area contributed by atoms with Crippen molar-refractivity contribution in [3.05, 3.63) is 65.2 Å². The van der Waals surface area contributed by atoms with Crippen LogP contribution in [0.1, 0.15) is 40.1 Å². The number of ketones is 1. The number of Topliss-reactive ketones (excluding diaryl/α,β-unsaturated/α-hetero) is 1. The van der Waals surface area contributed by atoms with Crippen molar-refractivity contribution in [2.45, 2.75) is 20.3 Å². The average molecular weight is 419 g/mol. The summed E-state index contributed by atoms with van der Waals surface area (Å²) in [5.74, 6) is -1.70. The molecule has 2 unspecified atom stereocenters. The van der Waals surface area contributed by atoms with Crippen LogP contribution in [0.3, 0.4) is 0 Å². The Balaban J connectivity index is 2.31. The number of carbonyl (C=O) groups excluding carboxylic acids is 2. The summed E-state index contributed by atoms with van der Waals surface area (Å²) in [6, 6.07) is 13.5. The molecule has 0 aromatic heterocycles. The van der Waals surface area contributed by atoms with Crippen molar-refractivity contribution < 1.29 is 28.3 Å². The maximum atomic E-state index is 13.1. The Morgan fingerprint density at radius 3 is 2.38 bits per heavy atom. The number of rotatable bonds is 10. The van der Waals surface area contributed by atoms with Gasteiger partial charge < -0.3 is 19.9 Å². The van der Waals surface area contributed by atoms with Gasteiger partial charge in [-0.15, -0.1) is 0 Å². The van der Waals surface area contributed by atoms with E-state index >= 15 is 0 Å². The van der Waals surface area contributed by atoms with Gasteiger partial charge in [0.15, 0.2) is 5.78 Å². The fourth-order valence-electron chi connectivity index (χ4n) is 3.02. The Morgan fingerprint density at radius 1 is 1.10 bits per heavy atom. The molecule has 2 aromatic carbocycles. The van der Waals surface area contributed by atoms with E-state index in [1.54, 1.807) is 13.8 Å². The van der Waals surface area contributed by atoms with Gasteiger partial charge in [-0.25, -0.2) is 4.79 Å². The standard InChI is InChI=1S/C21H26NO6P/c1-3-27-21(24)18-11-10-16(13-19(18)22)20(23)17(14-29(25,26)28-4-2)12-15-8-6-5-7-9-15/h5-11,13,17H,3-4,12,14,22H2,1-2H3,(H,25,26). The summed E-state index contributed by atoms with van der Waals surface area (Å²) in [7, 11) is -3.93. The fraction of sp³-hybridized carbons (Fsp3) is 0.333. The van der Waals surface area contributed by atoms with Crippen molar-refractivity contribution in [1.29, 1.82) is 0 Å². The number of nitrogen functional groups attached to an aromatic ring is 1. The summed E-state index contributed by atoms with van der Waals surface area (Å²) in [5, 5.41) is 0. The predicted octanol–water partition coefficient (Wildman–Crippen LogP) is 3.71. The molecule has 2 rings (SSSR count). The number of anilines is 1. The lowest BCUT2D eigenvalue weighted by molar-refractivity contribution is 0.0527. The van der Waals surface area contributed by atoms with E-state index in [0.29, 0.717) is 0 Å². The number of hydrogen-bond donors (Lipinski definition) is 2. The first-order chi connectivity index (χ1) is 13.8. The van der Waals surface area contributed by atoms with Gasteiger partial charge >= 0.3 is 13.6 Å². The van der Waals surface area contributed by atoms with Crippen molar-refractivity contribution in [1.82, 2.24) is 0 Å². The summed E-state index contributed by atoms with van der Waals surface area (Å²) in [6.45, 7) is 3.58. The molecule has 0 saturated carbocycles. The van der Waals surface area contributed by atoms with Crippen LogP contribution in [0.5, 0.6) is 0 Å². The number of ether oxygens (including phenoxy) is 1. The molecule has 0 aliphatic heterocycles. The molecule has 2 aromatic rings. The first-order valence-corrected chi connectivity index (χ1v) is 11.1. The van der Waals surface area contributed by atoms with Crippen LogP contribution in [0.15, 0.2) is 48.5 Å². The minimum atomic E-state index is -3.93. The zero-order chi connectivity index (χ0) is 21.4. The van der Waals surface area contributed by atoms with Gasteiger partial charge in [0.2, 0.25) is 0 Å². The van der Waals surface area contributed by atoms with Crippen molar-refractivity contribution in [2.75, 3.05) is 25.1 Å². The third-order valence-corrected chi connectivity index (χ3v) is 5.87. The second-order valence-electron chi connectivity index (χ2n) is 6.51. The van der Waals surface area contributed by atoms with Gasteiger partial charge in [-0.05, 0) is 38.0 Å². The van der Waals surface area contributed by atoms with Crippen molar-refractivity contribution in [3.63, 3.8) is 0 Å². The molecule has 0 aliphatic rings. The summed E-state index contributed by atoms with van der Waals surface area (Å²) in [6.07, 6.45) is -0.0368. The van der Waals surface area contributed by atoms with Gasteiger partial charge in [-0.2, -0.15) is 0 Å². The highest BCUT2D eigenvalue weighted by atomic mass is 31.2. The largest absolute Gasteiger partial charge is 0.462 e. The summed E-state index contributed by atoms with van der Waals surface area (Å²) < 4.78 is 22.2. The van der Waals surface area contributed by atoms with E-state index in [9.17, 15) is 19.0 Å². The quantitative estimate of drug-likeness (QED) is 0.261. The average Bonchev–Trinajstić information content (AvgIpc) is 2.67. The molecule has 156 valence electrons. The van der Waals surface area contributed by atoms with Crippen LogP contribution >= 0.6 is 7.60 Å². The summed E-state index contributed by atoms with van der Waals surface area (Å²) >= 11 is 0. The Hall–Kier alpha value is -2.47. The minimum Gasteiger partial charge on any atom is -0.462 e. The van der Waals surface area contributed by atoms with Gasteiger partial charge in [-0.3, -0.25) is 9.36 Å². The Kier molecular flexibility index (Phi) is 8.14. The molecule has 0 bridgehead atoms. The van der Waals surface area contributed by atoms with E-state index in [-0.39, 0.29) is 48.4 Å². The highest BCUT2D eigenvalue weighted by molar-refractivity contribution is 7.52. The first kappa shape index (κ1) is 22.8. The molecule has 8 heteroatoms. The minimum absolute atomic E-state index is 0.0706. The lowest BCUT2D eigenvalue weighted by Crippen LogP contribution is -2.22. The maximum absolute atomic E-state index is 13.1. The van der Waals surface area contributed by atoms with Crippen LogP contribution < -0.4 is 5.73 Å². The van der Waals surface area contributed by atoms with E-state index < -0.39 is 19.5 Å². The summed E-state index contributed by atoms with van der Waals surface area (Å²) in [5.41, 5.74) is 7.34. The molecule has 29 heavy (non-hydrogen) atoms. The van der Waals surface area contributed by atoms with E-state index in [0.717, 1.165) is 5.56 Å². The molecule has 0 spiro atoms. The van der Waals surface area contributed by atoms with Crippen LogP contribution in [0.2, 0.25) is 0 Å². The number of nitrogens with two attached hydrogens (primary N) is 1. The van der Waals surface area contributed by atoms with Crippen molar-refractivity contribution in [3.8, 4) is 0 Å². The fourth-order valence-corrected chi connectivity index (χ4v) is 4.38. The lowest BCUT2D eigenvalue weighted by Gasteiger charge is -2.20. The van der Waals surface area contributed by atoms with E-state index in [2.05, 4.69) is 0 Å². The molecular weight excluding hydrogens is 393 g/mol. The van der Waals surface area contributed by atoms with Gasteiger partial charge in [0, 0.05) is 17.2 Å². The highest BCUT2D eigenvalue weighted by Gasteiger charge is 2.31. The molecule has 2 atom stereocenters. The topological polar surface area (TPSA) is 116 Å². The molecule has 7 nitrogen and oxygen atoms in total. The van der Waals surface area contributed by atoms with Crippen LogP contribution in [0.25, 0.3) is 0 Å². The third-order valence-electron chi connectivity index (χ3n) is 4.31. The smallest absolute Gasteiger partial charge is 0.340 e. The third kappa shape index (κ3) is 6.53. The second kappa shape index (κ2) is 10.3. The number of hydrogen-bond acceptors (Lipinski definition) is 6. The lowest BCUT2D eigenvalue weighted by atomic mass is 9.92. The highest BCUT2D eigenvalue weighted by Crippen LogP contribution is 2.44. The van der Waals surface area contributed by atoms with Crippen LogP contribution in [-0.2, 0) is 20.2 Å². The second-order valence-corrected chi connectivity index (χ2v) is 8.41. The van der Waals surface area contributed by atoms with Gasteiger partial charge in [0.05, 0.1) is 24.9 Å². The van der Waals surface area contributed by atoms with Crippen molar-refractivity contribution in [2.24, 2.45) is 5.92 Å². The molecule has 0 amide bonds. The Labute approximate surface area is 170 Å². The molecule has 0 saturated heterocycles. The van der Waals surface area contributed by atoms with Gasteiger partial charge in [0.25, 0.3) is 0 Å². The van der Waals surface area contributed by atoms with Gasteiger partial charge in [-0.1, -0.05) is 36.4 Å². The Bertz CT molecular complexity index is 899. The number of benzene rings is 2. The van der Waals surface area contributed by atoms with Crippen LogP contribution in [0.4, 0.5) is 5.69 Å². The number of esters is 1. The molecule has 0 radical (unpaired) electrons. The molecule has 3 N–H and O–H groups in total. The number of carbonyl (C=O) groups is 2.